The minimum atomic E-state index is -3.44. The zero-order chi connectivity index (χ0) is 15.7. The third kappa shape index (κ3) is 3.32. The number of nitrogens with two attached hydrogens (primary N) is 1. The van der Waals surface area contributed by atoms with E-state index in [1.165, 1.54) is 13.5 Å². The summed E-state index contributed by atoms with van der Waals surface area (Å²) in [6, 6.07) is 4.90. The van der Waals surface area contributed by atoms with Crippen LogP contribution in [0.15, 0.2) is 23.1 Å². The van der Waals surface area contributed by atoms with Crippen LogP contribution in [0.25, 0.3) is 0 Å². The fourth-order valence-electron chi connectivity index (χ4n) is 2.72. The molecule has 1 fully saturated rings. The van der Waals surface area contributed by atoms with Gasteiger partial charge in [0.15, 0.2) is 0 Å². The van der Waals surface area contributed by atoms with Crippen LogP contribution in [-0.4, -0.2) is 28.6 Å². The molecule has 1 aliphatic heterocycles. The Morgan fingerprint density at radius 1 is 1.33 bits per heavy atom. The van der Waals surface area contributed by atoms with Gasteiger partial charge in [-0.2, -0.15) is 0 Å². The molecule has 118 valence electrons. The molecule has 6 heteroatoms. The van der Waals surface area contributed by atoms with Crippen molar-refractivity contribution < 1.29 is 8.42 Å². The first-order chi connectivity index (χ1) is 9.81. The maximum absolute atomic E-state index is 11.9. The van der Waals surface area contributed by atoms with Crippen LogP contribution >= 0.6 is 0 Å². The number of anilines is 2. The van der Waals surface area contributed by atoms with Crippen LogP contribution < -0.4 is 15.4 Å². The lowest BCUT2D eigenvalue weighted by atomic mass is 9.78. The van der Waals surface area contributed by atoms with Crippen molar-refractivity contribution in [1.82, 2.24) is 4.72 Å². The zero-order valence-corrected chi connectivity index (χ0v) is 13.8. The van der Waals surface area contributed by atoms with E-state index in [2.05, 4.69) is 23.5 Å². The molecule has 3 N–H and O–H groups in total. The van der Waals surface area contributed by atoms with Gasteiger partial charge < -0.3 is 10.6 Å². The number of nitrogen functional groups attached to an aromatic ring is 1. The minimum absolute atomic E-state index is 0.262. The molecular weight excluding hydrogens is 286 g/mol. The molecule has 0 spiro atoms. The summed E-state index contributed by atoms with van der Waals surface area (Å²) in [6.45, 7) is 6.37. The first-order valence-electron chi connectivity index (χ1n) is 7.39. The zero-order valence-electron chi connectivity index (χ0n) is 13.0. The number of rotatable bonds is 4. The van der Waals surface area contributed by atoms with Crippen LogP contribution in [0.5, 0.6) is 0 Å². The third-order valence-electron chi connectivity index (χ3n) is 4.75. The molecule has 1 aromatic carbocycles. The Kier molecular flexibility index (Phi) is 4.49. The van der Waals surface area contributed by atoms with E-state index in [-0.39, 0.29) is 4.90 Å². The largest absolute Gasteiger partial charge is 0.397 e. The normalized spacial score (nSPS) is 18.7. The predicted molar refractivity (Wildman–Crippen MR) is 86.9 cm³/mol. The lowest BCUT2D eigenvalue weighted by molar-refractivity contribution is 0.238. The number of benzene rings is 1. The smallest absolute Gasteiger partial charge is 0.240 e. The fourth-order valence-corrected chi connectivity index (χ4v) is 3.47. The van der Waals surface area contributed by atoms with Gasteiger partial charge in [-0.15, -0.1) is 0 Å². The molecule has 5 nitrogen and oxygen atoms in total. The molecule has 1 aliphatic rings. The van der Waals surface area contributed by atoms with Crippen molar-refractivity contribution in [3.63, 3.8) is 0 Å². The standard InChI is InChI=1S/C15H25N3O2S/c1-4-15(2)7-9-18(10-8-15)14-11-12(5-6-13(14)16)21(19,20)17-3/h5-6,11,17H,4,7-10,16H2,1-3H3. The summed E-state index contributed by atoms with van der Waals surface area (Å²) >= 11 is 0. The Morgan fingerprint density at radius 2 is 1.95 bits per heavy atom. The number of nitrogens with zero attached hydrogens (tertiary/aromatic N) is 1. The van der Waals surface area contributed by atoms with Gasteiger partial charge in [0.25, 0.3) is 0 Å². The first kappa shape index (κ1) is 16.1. The van der Waals surface area contributed by atoms with Crippen LogP contribution in [0.2, 0.25) is 0 Å². The molecule has 21 heavy (non-hydrogen) atoms. The van der Waals surface area contributed by atoms with E-state index in [9.17, 15) is 8.42 Å². The molecule has 0 aromatic heterocycles. The molecule has 0 atom stereocenters. The molecule has 1 saturated heterocycles. The Balaban J connectivity index is 2.27. The van der Waals surface area contributed by atoms with Crippen LogP contribution in [0.4, 0.5) is 11.4 Å². The quantitative estimate of drug-likeness (QED) is 0.836. The average molecular weight is 311 g/mol. The van der Waals surface area contributed by atoms with E-state index in [1.807, 2.05) is 0 Å². The van der Waals surface area contributed by atoms with Crippen molar-refractivity contribution in [1.29, 1.82) is 0 Å². The SMILES string of the molecule is CCC1(C)CCN(c2cc(S(=O)(=O)NC)ccc2N)CC1. The number of piperidine rings is 1. The molecule has 0 saturated carbocycles. The van der Waals surface area contributed by atoms with Gasteiger partial charge in [-0.25, -0.2) is 13.1 Å². The van der Waals surface area contributed by atoms with Crippen LogP contribution in [-0.2, 0) is 10.0 Å². The van der Waals surface area contributed by atoms with Crippen molar-refractivity contribution in [2.24, 2.45) is 5.41 Å². The van der Waals surface area contributed by atoms with Gasteiger partial charge in [-0.05, 0) is 43.5 Å². The average Bonchev–Trinajstić information content (AvgIpc) is 2.48. The van der Waals surface area contributed by atoms with Crippen molar-refractivity contribution in [3.05, 3.63) is 18.2 Å². The Hall–Kier alpha value is -1.27. The van der Waals surface area contributed by atoms with Crippen LogP contribution in [0, 0.1) is 5.41 Å². The fraction of sp³-hybridized carbons (Fsp3) is 0.600. The molecule has 0 bridgehead atoms. The molecular formula is C15H25N3O2S. The van der Waals surface area contributed by atoms with Crippen molar-refractivity contribution in [3.8, 4) is 0 Å². The highest BCUT2D eigenvalue weighted by Crippen LogP contribution is 2.37. The van der Waals surface area contributed by atoms with E-state index in [0.717, 1.165) is 31.6 Å². The van der Waals surface area contributed by atoms with Gasteiger partial charge in [-0.3, -0.25) is 0 Å². The predicted octanol–water partition coefficient (Wildman–Crippen LogP) is 2.19. The monoisotopic (exact) mass is 311 g/mol. The number of hydrogen-bond acceptors (Lipinski definition) is 4. The molecule has 1 aromatic rings. The second-order valence-corrected chi connectivity index (χ2v) is 7.97. The van der Waals surface area contributed by atoms with E-state index in [4.69, 9.17) is 5.73 Å². The van der Waals surface area contributed by atoms with Gasteiger partial charge in [0.2, 0.25) is 10.0 Å². The number of sulfonamides is 1. The highest BCUT2D eigenvalue weighted by molar-refractivity contribution is 7.89. The van der Waals surface area contributed by atoms with Crippen LogP contribution in [0.3, 0.4) is 0 Å². The van der Waals surface area contributed by atoms with E-state index >= 15 is 0 Å². The van der Waals surface area contributed by atoms with E-state index < -0.39 is 10.0 Å². The van der Waals surface area contributed by atoms with Crippen LogP contribution in [0.1, 0.15) is 33.1 Å². The Labute approximate surface area is 127 Å². The van der Waals surface area contributed by atoms with Gasteiger partial charge in [0.1, 0.15) is 0 Å². The topological polar surface area (TPSA) is 75.4 Å². The van der Waals surface area contributed by atoms with Gasteiger partial charge >= 0.3 is 0 Å². The van der Waals surface area contributed by atoms with Gasteiger partial charge in [0.05, 0.1) is 16.3 Å². The first-order valence-corrected chi connectivity index (χ1v) is 8.88. The third-order valence-corrected chi connectivity index (χ3v) is 6.16. The highest BCUT2D eigenvalue weighted by Gasteiger charge is 2.29. The van der Waals surface area contributed by atoms with E-state index in [1.54, 1.807) is 18.2 Å². The van der Waals surface area contributed by atoms with Crippen molar-refractivity contribution in [2.75, 3.05) is 30.8 Å². The summed E-state index contributed by atoms with van der Waals surface area (Å²) in [5.74, 6) is 0. The molecule has 2 rings (SSSR count). The summed E-state index contributed by atoms with van der Waals surface area (Å²) in [7, 11) is -2.02. The summed E-state index contributed by atoms with van der Waals surface area (Å²) in [5.41, 5.74) is 7.89. The van der Waals surface area contributed by atoms with E-state index in [0.29, 0.717) is 11.1 Å². The lowest BCUT2D eigenvalue weighted by Crippen LogP contribution is -2.38. The van der Waals surface area contributed by atoms with Gasteiger partial charge in [0, 0.05) is 13.1 Å². The maximum Gasteiger partial charge on any atom is 0.240 e. The van der Waals surface area contributed by atoms with Crippen molar-refractivity contribution >= 4 is 21.4 Å². The second kappa shape index (κ2) is 5.85. The molecule has 0 unspecified atom stereocenters. The Bertz CT molecular complexity index is 605. The molecule has 0 radical (unpaired) electrons. The number of hydrogen-bond donors (Lipinski definition) is 2. The molecule has 0 aliphatic carbocycles. The second-order valence-electron chi connectivity index (χ2n) is 6.08. The molecule has 0 amide bonds. The Morgan fingerprint density at radius 3 is 2.48 bits per heavy atom. The lowest BCUT2D eigenvalue weighted by Gasteiger charge is -2.40. The number of nitrogens with one attached hydrogen (secondary N) is 1. The summed E-state index contributed by atoms with van der Waals surface area (Å²) in [4.78, 5) is 2.46. The summed E-state index contributed by atoms with van der Waals surface area (Å²) in [6.07, 6.45) is 3.38. The minimum Gasteiger partial charge on any atom is -0.397 e. The summed E-state index contributed by atoms with van der Waals surface area (Å²) in [5, 5.41) is 0. The maximum atomic E-state index is 11.9. The van der Waals surface area contributed by atoms with Crippen molar-refractivity contribution in [2.45, 2.75) is 38.0 Å². The highest BCUT2D eigenvalue weighted by atomic mass is 32.2. The van der Waals surface area contributed by atoms with Gasteiger partial charge in [-0.1, -0.05) is 20.3 Å². The molecule has 1 heterocycles. The summed E-state index contributed by atoms with van der Waals surface area (Å²) < 4.78 is 26.2.